The number of para-hydroxylation sites is 1. The summed E-state index contributed by atoms with van der Waals surface area (Å²) in [6.45, 7) is 3.48. The number of nitrogens with zero attached hydrogens (tertiary/aromatic N) is 1. The maximum atomic E-state index is 12.7. The third kappa shape index (κ3) is 4.01. The second-order valence-corrected chi connectivity index (χ2v) is 8.01. The Hall–Kier alpha value is -2.42. The van der Waals surface area contributed by atoms with Crippen LogP contribution in [0.25, 0.3) is 10.2 Å². The maximum absolute atomic E-state index is 12.7. The Morgan fingerprint density at radius 1 is 1.28 bits per heavy atom. The van der Waals surface area contributed by atoms with Crippen LogP contribution < -0.4 is 16.0 Å². The molecule has 1 saturated heterocycles. The molecule has 1 N–H and O–H groups in total. The number of aryl methyl sites for hydroxylation is 1. The van der Waals surface area contributed by atoms with Gasteiger partial charge in [-0.25, -0.2) is 4.79 Å². The zero-order valence-corrected chi connectivity index (χ0v) is 17.3. The molecule has 0 spiro atoms. The normalized spacial score (nSPS) is 16.2. The van der Waals surface area contributed by atoms with Gasteiger partial charge >= 0.3 is 5.69 Å². The van der Waals surface area contributed by atoms with E-state index in [-0.39, 0.29) is 18.2 Å². The zero-order chi connectivity index (χ0) is 20.4. The van der Waals surface area contributed by atoms with Crippen molar-refractivity contribution in [2.45, 2.75) is 38.5 Å². The van der Waals surface area contributed by atoms with Crippen LogP contribution in [0.5, 0.6) is 5.75 Å². The quantitative estimate of drug-likeness (QED) is 0.668. The van der Waals surface area contributed by atoms with E-state index in [4.69, 9.17) is 14.2 Å². The van der Waals surface area contributed by atoms with Crippen LogP contribution in [0.2, 0.25) is 0 Å². The third-order valence-corrected chi connectivity index (χ3v) is 6.37. The van der Waals surface area contributed by atoms with Gasteiger partial charge in [0.15, 0.2) is 0 Å². The molecule has 1 aliphatic heterocycles. The minimum atomic E-state index is -0.431. The second kappa shape index (κ2) is 8.52. The first-order valence-electron chi connectivity index (χ1n) is 9.65. The lowest BCUT2D eigenvalue weighted by atomic mass is 10.1. The van der Waals surface area contributed by atoms with Crippen molar-refractivity contribution >= 4 is 21.6 Å². The summed E-state index contributed by atoms with van der Waals surface area (Å²) < 4.78 is 19.1. The van der Waals surface area contributed by atoms with Gasteiger partial charge in [0.2, 0.25) is 0 Å². The van der Waals surface area contributed by atoms with Gasteiger partial charge in [-0.15, -0.1) is 11.3 Å². The summed E-state index contributed by atoms with van der Waals surface area (Å²) >= 11 is 1.40. The molecule has 0 amide bonds. The number of ether oxygens (including phenoxy) is 3. The summed E-state index contributed by atoms with van der Waals surface area (Å²) in [5, 5.41) is 2.45. The van der Waals surface area contributed by atoms with Crippen molar-refractivity contribution < 1.29 is 14.2 Å². The van der Waals surface area contributed by atoms with E-state index in [9.17, 15) is 9.59 Å². The van der Waals surface area contributed by atoms with Crippen LogP contribution in [0.15, 0.2) is 39.2 Å². The Labute approximate surface area is 171 Å². The van der Waals surface area contributed by atoms with E-state index in [1.807, 2.05) is 36.6 Å². The number of methoxy groups -OCH3 is 1. The molecule has 0 radical (unpaired) electrons. The van der Waals surface area contributed by atoms with Crippen molar-refractivity contribution in [1.82, 2.24) is 9.55 Å². The lowest BCUT2D eigenvalue weighted by Gasteiger charge is -2.29. The lowest BCUT2D eigenvalue weighted by Crippen LogP contribution is -2.33. The Balaban J connectivity index is 1.77. The molecule has 4 rings (SSSR count). The largest absolute Gasteiger partial charge is 0.496 e. The van der Waals surface area contributed by atoms with Crippen LogP contribution in [-0.4, -0.2) is 36.0 Å². The number of nitrogens with one attached hydrogen (secondary N) is 1. The van der Waals surface area contributed by atoms with Crippen LogP contribution >= 0.6 is 11.3 Å². The number of fused-ring (bicyclic) bond motifs is 1. The van der Waals surface area contributed by atoms with Gasteiger partial charge in [0.25, 0.3) is 5.56 Å². The first-order valence-corrected chi connectivity index (χ1v) is 10.5. The summed E-state index contributed by atoms with van der Waals surface area (Å²) in [5.74, 6) is 0.709. The highest BCUT2D eigenvalue weighted by Crippen LogP contribution is 2.32. The van der Waals surface area contributed by atoms with Gasteiger partial charge in [0, 0.05) is 18.8 Å². The fraction of sp³-hybridized carbons (Fsp3) is 0.429. The SMILES string of the molecule is COc1ccccc1C(Cn1c(=O)[nH]c(=O)c2c(C)csc21)OC1CCOCC1. The van der Waals surface area contributed by atoms with Crippen molar-refractivity contribution in [3.8, 4) is 5.75 Å². The number of aromatic amines is 1. The molecule has 1 aromatic carbocycles. The topological polar surface area (TPSA) is 82.6 Å². The number of H-pyrrole nitrogens is 1. The molecule has 7 nitrogen and oxygen atoms in total. The van der Waals surface area contributed by atoms with E-state index < -0.39 is 11.8 Å². The number of hydrogen-bond acceptors (Lipinski definition) is 6. The monoisotopic (exact) mass is 416 g/mol. The van der Waals surface area contributed by atoms with Crippen molar-refractivity contribution in [1.29, 1.82) is 0 Å². The molecule has 1 unspecified atom stereocenters. The molecular weight excluding hydrogens is 392 g/mol. The Kier molecular flexibility index (Phi) is 5.84. The molecular formula is C21H24N2O5S. The molecule has 1 fully saturated rings. The standard InChI is InChI=1S/C21H24N2O5S/c1-13-12-29-20-18(13)19(24)22-21(25)23(20)11-17(28-14-7-9-27-10-8-14)15-5-3-4-6-16(15)26-2/h3-6,12,14,17H,7-11H2,1-2H3,(H,22,24,25). The van der Waals surface area contributed by atoms with Gasteiger partial charge in [-0.05, 0) is 36.8 Å². The van der Waals surface area contributed by atoms with Crippen LogP contribution in [0.1, 0.15) is 30.1 Å². The molecule has 3 aromatic rings. The number of hydrogen-bond donors (Lipinski definition) is 1. The van der Waals surface area contributed by atoms with Crippen LogP contribution in [0.3, 0.4) is 0 Å². The fourth-order valence-electron chi connectivity index (χ4n) is 3.75. The summed E-state index contributed by atoms with van der Waals surface area (Å²) in [5.41, 5.74) is 0.958. The first-order chi connectivity index (χ1) is 14.1. The molecule has 0 saturated carbocycles. The highest BCUT2D eigenvalue weighted by atomic mass is 32.1. The molecule has 3 heterocycles. The van der Waals surface area contributed by atoms with E-state index in [1.54, 1.807) is 11.7 Å². The van der Waals surface area contributed by atoms with Gasteiger partial charge in [-0.3, -0.25) is 14.3 Å². The maximum Gasteiger partial charge on any atom is 0.329 e. The third-order valence-electron chi connectivity index (χ3n) is 5.25. The number of rotatable bonds is 6. The van der Waals surface area contributed by atoms with Crippen LogP contribution in [0.4, 0.5) is 0 Å². The molecule has 29 heavy (non-hydrogen) atoms. The predicted octanol–water partition coefficient (Wildman–Crippen LogP) is 3.01. The summed E-state index contributed by atoms with van der Waals surface area (Å²) in [6, 6.07) is 7.67. The smallest absolute Gasteiger partial charge is 0.329 e. The molecule has 8 heteroatoms. The Bertz CT molecular complexity index is 1110. The molecule has 0 bridgehead atoms. The number of thiophene rings is 1. The molecule has 154 valence electrons. The highest BCUT2D eigenvalue weighted by Gasteiger charge is 2.25. The van der Waals surface area contributed by atoms with Crippen molar-refractivity contribution in [3.63, 3.8) is 0 Å². The zero-order valence-electron chi connectivity index (χ0n) is 16.5. The first kappa shape index (κ1) is 19.9. The van der Waals surface area contributed by atoms with Crippen molar-refractivity contribution in [2.75, 3.05) is 20.3 Å². The van der Waals surface area contributed by atoms with E-state index in [0.29, 0.717) is 29.2 Å². The molecule has 1 aliphatic rings. The van der Waals surface area contributed by atoms with Crippen molar-refractivity contribution in [3.05, 3.63) is 61.6 Å². The van der Waals surface area contributed by atoms with Gasteiger partial charge in [0.1, 0.15) is 16.7 Å². The fourth-order valence-corrected chi connectivity index (χ4v) is 4.81. The summed E-state index contributed by atoms with van der Waals surface area (Å²) in [7, 11) is 1.62. The summed E-state index contributed by atoms with van der Waals surface area (Å²) in [4.78, 5) is 28.1. The molecule has 1 atom stereocenters. The minimum Gasteiger partial charge on any atom is -0.496 e. The van der Waals surface area contributed by atoms with E-state index >= 15 is 0 Å². The molecule has 0 aliphatic carbocycles. The van der Waals surface area contributed by atoms with E-state index in [0.717, 1.165) is 24.0 Å². The Morgan fingerprint density at radius 3 is 2.79 bits per heavy atom. The van der Waals surface area contributed by atoms with Gasteiger partial charge in [-0.1, -0.05) is 18.2 Å². The van der Waals surface area contributed by atoms with Gasteiger partial charge in [-0.2, -0.15) is 0 Å². The average molecular weight is 416 g/mol. The number of aromatic nitrogens is 2. The summed E-state index contributed by atoms with van der Waals surface area (Å²) in [6.07, 6.45) is 1.25. The lowest BCUT2D eigenvalue weighted by molar-refractivity contribution is -0.0752. The van der Waals surface area contributed by atoms with Gasteiger partial charge in [0.05, 0.1) is 25.1 Å². The highest BCUT2D eigenvalue weighted by molar-refractivity contribution is 7.17. The number of benzene rings is 1. The van der Waals surface area contributed by atoms with E-state index in [1.165, 1.54) is 11.3 Å². The Morgan fingerprint density at radius 2 is 2.03 bits per heavy atom. The predicted molar refractivity (Wildman–Crippen MR) is 112 cm³/mol. The van der Waals surface area contributed by atoms with Crippen LogP contribution in [-0.2, 0) is 16.0 Å². The van der Waals surface area contributed by atoms with E-state index in [2.05, 4.69) is 4.98 Å². The minimum absolute atomic E-state index is 0.0395. The van der Waals surface area contributed by atoms with Crippen LogP contribution in [0, 0.1) is 6.92 Å². The van der Waals surface area contributed by atoms with Crippen molar-refractivity contribution in [2.24, 2.45) is 0 Å². The van der Waals surface area contributed by atoms with Gasteiger partial charge < -0.3 is 14.2 Å². The second-order valence-electron chi connectivity index (χ2n) is 7.15. The average Bonchev–Trinajstić information content (AvgIpc) is 3.13. The molecule has 2 aromatic heterocycles.